The molecule has 132 valence electrons. The van der Waals surface area contributed by atoms with Crippen molar-refractivity contribution in [2.75, 3.05) is 12.4 Å². The summed E-state index contributed by atoms with van der Waals surface area (Å²) in [6.45, 7) is 2.65. The number of fused-ring (bicyclic) bond motifs is 1. The maximum atomic E-state index is 12.7. The van der Waals surface area contributed by atoms with Crippen LogP contribution in [0.4, 0.5) is 5.00 Å². The van der Waals surface area contributed by atoms with Gasteiger partial charge in [-0.05, 0) is 67.6 Å². The van der Waals surface area contributed by atoms with Crippen molar-refractivity contribution in [3.05, 3.63) is 38.4 Å². The first-order valence-electron chi connectivity index (χ1n) is 8.67. The van der Waals surface area contributed by atoms with Gasteiger partial charge in [0.15, 0.2) is 0 Å². The number of hydrogen-bond donors (Lipinski definition) is 1. The summed E-state index contributed by atoms with van der Waals surface area (Å²) < 4.78 is 0. The van der Waals surface area contributed by atoms with Gasteiger partial charge in [0, 0.05) is 11.4 Å². The fourth-order valence-electron chi connectivity index (χ4n) is 3.17. The number of thiophene rings is 2. The molecule has 2 aromatic rings. The van der Waals surface area contributed by atoms with Crippen LogP contribution in [0.25, 0.3) is 0 Å². The van der Waals surface area contributed by atoms with E-state index in [1.54, 1.807) is 22.7 Å². The summed E-state index contributed by atoms with van der Waals surface area (Å²) in [6.07, 6.45) is 5.51. The average Bonchev–Trinajstić information content (AvgIpc) is 3.15. The fourth-order valence-corrected chi connectivity index (χ4v) is 5.08. The van der Waals surface area contributed by atoms with Gasteiger partial charge in [0.2, 0.25) is 5.91 Å². The first kappa shape index (κ1) is 18.1. The number of nitriles is 1. The van der Waals surface area contributed by atoms with Gasteiger partial charge in [-0.1, -0.05) is 6.42 Å². The van der Waals surface area contributed by atoms with Crippen LogP contribution in [0, 0.1) is 11.3 Å². The number of nitrogens with one attached hydrogen (secondary N) is 1. The molecule has 0 bridgehead atoms. The molecular formula is C19H23N3OS2. The molecule has 0 fully saturated rings. The van der Waals surface area contributed by atoms with E-state index in [0.717, 1.165) is 30.8 Å². The molecule has 1 aliphatic carbocycles. The molecule has 1 aliphatic rings. The topological polar surface area (TPSA) is 56.1 Å². The van der Waals surface area contributed by atoms with Crippen LogP contribution in [0.5, 0.6) is 0 Å². The second-order valence-corrected chi connectivity index (χ2v) is 8.48. The average molecular weight is 374 g/mol. The molecule has 0 spiro atoms. The SMILES string of the molecule is C[C@H](C(=O)Nc1sc2c(c1C#N)CCCCC2)N(C)Cc1ccsc1. The Morgan fingerprint density at radius 1 is 1.40 bits per heavy atom. The van der Waals surface area contributed by atoms with Gasteiger partial charge in [-0.2, -0.15) is 16.6 Å². The Morgan fingerprint density at radius 2 is 2.20 bits per heavy atom. The summed E-state index contributed by atoms with van der Waals surface area (Å²) in [5, 5.41) is 17.5. The number of carbonyl (C=O) groups excluding carboxylic acids is 1. The summed E-state index contributed by atoms with van der Waals surface area (Å²) >= 11 is 3.26. The largest absolute Gasteiger partial charge is 0.315 e. The van der Waals surface area contributed by atoms with E-state index in [4.69, 9.17) is 0 Å². The molecule has 1 atom stereocenters. The van der Waals surface area contributed by atoms with E-state index < -0.39 is 0 Å². The third-order valence-corrected chi connectivity index (χ3v) is 6.76. The fraction of sp³-hybridized carbons (Fsp3) is 0.474. The number of carbonyl (C=O) groups is 1. The molecule has 0 aromatic carbocycles. The van der Waals surface area contributed by atoms with Crippen molar-refractivity contribution in [2.24, 2.45) is 0 Å². The molecule has 2 heterocycles. The smallest absolute Gasteiger partial charge is 0.242 e. The van der Waals surface area contributed by atoms with Crippen molar-refractivity contribution in [1.82, 2.24) is 4.90 Å². The van der Waals surface area contributed by atoms with Crippen LogP contribution in [-0.2, 0) is 24.2 Å². The highest BCUT2D eigenvalue weighted by Gasteiger charge is 2.24. The minimum atomic E-state index is -0.256. The van der Waals surface area contributed by atoms with Crippen molar-refractivity contribution in [3.63, 3.8) is 0 Å². The zero-order valence-corrected chi connectivity index (χ0v) is 16.3. The molecule has 0 unspecified atom stereocenters. The van der Waals surface area contributed by atoms with E-state index in [1.807, 2.05) is 24.3 Å². The number of rotatable bonds is 5. The number of anilines is 1. The van der Waals surface area contributed by atoms with Crippen molar-refractivity contribution in [2.45, 2.75) is 51.6 Å². The molecular weight excluding hydrogens is 350 g/mol. The number of nitrogens with zero attached hydrogens (tertiary/aromatic N) is 2. The molecule has 0 aliphatic heterocycles. The molecule has 6 heteroatoms. The molecule has 1 amide bonds. The third kappa shape index (κ3) is 4.12. The number of amides is 1. The van der Waals surface area contributed by atoms with Crippen LogP contribution in [0.15, 0.2) is 16.8 Å². The normalized spacial score (nSPS) is 15.3. The third-order valence-electron chi connectivity index (χ3n) is 4.82. The number of hydrogen-bond acceptors (Lipinski definition) is 5. The number of aryl methyl sites for hydroxylation is 1. The highest BCUT2D eigenvalue weighted by molar-refractivity contribution is 7.16. The molecule has 3 rings (SSSR count). The molecule has 0 radical (unpaired) electrons. The van der Waals surface area contributed by atoms with Crippen molar-refractivity contribution in [1.29, 1.82) is 5.26 Å². The quantitative estimate of drug-likeness (QED) is 0.790. The zero-order chi connectivity index (χ0) is 17.8. The first-order valence-corrected chi connectivity index (χ1v) is 10.4. The molecule has 25 heavy (non-hydrogen) atoms. The molecule has 0 saturated carbocycles. The zero-order valence-electron chi connectivity index (χ0n) is 14.7. The van der Waals surface area contributed by atoms with E-state index in [0.29, 0.717) is 5.56 Å². The van der Waals surface area contributed by atoms with E-state index in [1.165, 1.54) is 28.8 Å². The maximum Gasteiger partial charge on any atom is 0.242 e. The molecule has 4 nitrogen and oxygen atoms in total. The summed E-state index contributed by atoms with van der Waals surface area (Å²) in [5.74, 6) is -0.0503. The Kier molecular flexibility index (Phi) is 5.89. The van der Waals surface area contributed by atoms with Crippen LogP contribution in [0.1, 0.15) is 47.8 Å². The summed E-state index contributed by atoms with van der Waals surface area (Å²) in [4.78, 5) is 16.0. The van der Waals surface area contributed by atoms with Crippen molar-refractivity contribution < 1.29 is 4.79 Å². The minimum Gasteiger partial charge on any atom is -0.315 e. The van der Waals surface area contributed by atoms with Crippen LogP contribution in [-0.4, -0.2) is 23.9 Å². The van der Waals surface area contributed by atoms with Gasteiger partial charge in [-0.3, -0.25) is 9.69 Å². The molecule has 2 aromatic heterocycles. The lowest BCUT2D eigenvalue weighted by Gasteiger charge is -2.23. The van der Waals surface area contributed by atoms with Crippen LogP contribution >= 0.6 is 22.7 Å². The van der Waals surface area contributed by atoms with Gasteiger partial charge >= 0.3 is 0 Å². The monoisotopic (exact) mass is 373 g/mol. The summed E-state index contributed by atoms with van der Waals surface area (Å²) in [7, 11) is 1.96. The van der Waals surface area contributed by atoms with Crippen molar-refractivity contribution in [3.8, 4) is 6.07 Å². The second kappa shape index (κ2) is 8.13. The Labute approximate surface area is 157 Å². The van der Waals surface area contributed by atoms with E-state index >= 15 is 0 Å². The van der Waals surface area contributed by atoms with Crippen LogP contribution in [0.2, 0.25) is 0 Å². The lowest BCUT2D eigenvalue weighted by Crippen LogP contribution is -2.39. The predicted octanol–water partition coefficient (Wildman–Crippen LogP) is 4.41. The van der Waals surface area contributed by atoms with Gasteiger partial charge in [0.05, 0.1) is 11.6 Å². The highest BCUT2D eigenvalue weighted by Crippen LogP contribution is 2.37. The maximum absolute atomic E-state index is 12.7. The van der Waals surface area contributed by atoms with E-state index in [2.05, 4.69) is 22.8 Å². The van der Waals surface area contributed by atoms with Gasteiger partial charge in [-0.15, -0.1) is 11.3 Å². The second-order valence-electron chi connectivity index (χ2n) is 6.59. The van der Waals surface area contributed by atoms with Crippen LogP contribution in [0.3, 0.4) is 0 Å². The van der Waals surface area contributed by atoms with Gasteiger partial charge in [0.1, 0.15) is 11.1 Å². The lowest BCUT2D eigenvalue weighted by atomic mass is 10.1. The van der Waals surface area contributed by atoms with Gasteiger partial charge < -0.3 is 5.32 Å². The Balaban J connectivity index is 1.71. The lowest BCUT2D eigenvalue weighted by molar-refractivity contribution is -0.120. The van der Waals surface area contributed by atoms with Crippen molar-refractivity contribution >= 4 is 33.6 Å². The van der Waals surface area contributed by atoms with Gasteiger partial charge in [-0.25, -0.2) is 0 Å². The first-order chi connectivity index (χ1) is 12.1. The Hall–Kier alpha value is -1.68. The highest BCUT2D eigenvalue weighted by atomic mass is 32.1. The van der Waals surface area contributed by atoms with Gasteiger partial charge in [0.25, 0.3) is 0 Å². The standard InChI is InChI=1S/C19H23N3OS2/c1-13(22(2)11-14-8-9-24-12-14)18(23)21-19-16(10-20)15-6-4-3-5-7-17(15)25-19/h8-9,12-13H,3-7,11H2,1-2H3,(H,21,23)/t13-/m1/s1. The van der Waals surface area contributed by atoms with Crippen LogP contribution < -0.4 is 5.32 Å². The summed E-state index contributed by atoms with van der Waals surface area (Å²) in [6, 6.07) is 4.15. The van der Waals surface area contributed by atoms with E-state index in [-0.39, 0.29) is 11.9 Å². The Morgan fingerprint density at radius 3 is 2.92 bits per heavy atom. The Bertz CT molecular complexity index is 773. The summed E-state index contributed by atoms with van der Waals surface area (Å²) in [5.41, 5.74) is 3.07. The minimum absolute atomic E-state index is 0.0503. The predicted molar refractivity (Wildman–Crippen MR) is 104 cm³/mol. The molecule has 1 N–H and O–H groups in total. The van der Waals surface area contributed by atoms with E-state index in [9.17, 15) is 10.1 Å². The molecule has 0 saturated heterocycles. The number of likely N-dealkylation sites (N-methyl/N-ethyl adjacent to an activating group) is 1.